The van der Waals surface area contributed by atoms with Gasteiger partial charge < -0.3 is 28.8 Å². The van der Waals surface area contributed by atoms with Crippen molar-refractivity contribution in [3.05, 3.63) is 121 Å². The van der Waals surface area contributed by atoms with E-state index >= 15 is 0 Å². The third-order valence-electron chi connectivity index (χ3n) is 15.7. The molecule has 2 heterocycles. The van der Waals surface area contributed by atoms with Gasteiger partial charge in [-0.3, -0.25) is 19.1 Å². The van der Waals surface area contributed by atoms with Gasteiger partial charge in [0.15, 0.2) is 6.61 Å². The molecule has 2 aromatic rings. The van der Waals surface area contributed by atoms with Crippen LogP contribution in [-0.2, 0) is 77.1 Å². The molecule has 7 saturated carbocycles. The maximum atomic E-state index is 12.4. The van der Waals surface area contributed by atoms with E-state index in [1.807, 2.05) is 30.3 Å². The number of hydrogen-bond donors (Lipinski definition) is 2. The number of nitrogens with one attached hydrogen (secondary N) is 1. The summed E-state index contributed by atoms with van der Waals surface area (Å²) in [5.74, 6) is -0.619. The van der Waals surface area contributed by atoms with Crippen molar-refractivity contribution in [3.63, 3.8) is 0 Å². The van der Waals surface area contributed by atoms with Gasteiger partial charge in [-0.15, -0.1) is 0 Å². The van der Waals surface area contributed by atoms with Gasteiger partial charge >= 0.3 is 29.8 Å². The lowest BCUT2D eigenvalue weighted by Crippen LogP contribution is -2.54. The van der Waals surface area contributed by atoms with Gasteiger partial charge in [0.1, 0.15) is 23.6 Å². The summed E-state index contributed by atoms with van der Waals surface area (Å²) in [5, 5.41) is 10.9. The van der Waals surface area contributed by atoms with Crippen molar-refractivity contribution in [3.8, 4) is 5.75 Å². The summed E-state index contributed by atoms with van der Waals surface area (Å²) in [6.07, 6.45) is 13.6. The number of carbonyl (C=O) groups is 7. The highest BCUT2D eigenvalue weighted by atomic mass is 32.2. The Bertz CT molecular complexity index is 2700. The summed E-state index contributed by atoms with van der Waals surface area (Å²) in [4.78, 5) is 80.5. The number of phenolic OH excluding ortho intramolecular Hbond substituents is 1. The van der Waals surface area contributed by atoms with Gasteiger partial charge in [0.05, 0.1) is 17.3 Å². The average molecular weight is 1100 g/mol. The number of hydrogen-bond acceptors (Lipinski definition) is 16. The quantitative estimate of drug-likeness (QED) is 0.0872. The van der Waals surface area contributed by atoms with Crippen LogP contribution in [0.25, 0.3) is 6.08 Å². The lowest BCUT2D eigenvalue weighted by Gasteiger charge is -2.55. The second-order valence-electron chi connectivity index (χ2n) is 22.1. The minimum atomic E-state index is -3.53. The molecule has 7 aliphatic carbocycles. The van der Waals surface area contributed by atoms with Crippen molar-refractivity contribution in [1.82, 2.24) is 5.32 Å². The third kappa shape index (κ3) is 15.3. The van der Waals surface area contributed by atoms with Gasteiger partial charge in [-0.1, -0.05) is 87.9 Å². The molecule has 0 radical (unpaired) electrons. The molecule has 2 N–H and O–H groups in total. The second-order valence-corrected chi connectivity index (χ2v) is 23.9. The first-order chi connectivity index (χ1) is 36.8. The fourth-order valence-corrected chi connectivity index (χ4v) is 14.1. The van der Waals surface area contributed by atoms with Crippen LogP contribution in [0.2, 0.25) is 0 Å². The van der Waals surface area contributed by atoms with Crippen molar-refractivity contribution in [2.24, 2.45) is 35.0 Å². The summed E-state index contributed by atoms with van der Waals surface area (Å²) in [6.45, 7) is 23.8. The number of imide groups is 1. The van der Waals surface area contributed by atoms with E-state index in [0.717, 1.165) is 73.8 Å². The van der Waals surface area contributed by atoms with E-state index in [9.17, 15) is 42.0 Å². The molecule has 9 aliphatic rings. The number of aromatic hydroxyl groups is 1. The topological polar surface area (TPSA) is 241 Å². The zero-order valence-electron chi connectivity index (χ0n) is 45.3. The molecule has 18 heteroatoms. The van der Waals surface area contributed by atoms with Gasteiger partial charge in [0.2, 0.25) is 12.0 Å². The fraction of sp³-hybridized carbons (Fsp3) is 0.517. The predicted molar refractivity (Wildman–Crippen MR) is 289 cm³/mol. The Balaban J connectivity index is 0.000000162. The van der Waals surface area contributed by atoms with Gasteiger partial charge in [-0.2, -0.15) is 8.42 Å². The van der Waals surface area contributed by atoms with Crippen molar-refractivity contribution >= 4 is 57.9 Å². The largest absolute Gasteiger partial charge is 0.508 e. The van der Waals surface area contributed by atoms with Crippen LogP contribution in [0.15, 0.2) is 110 Å². The van der Waals surface area contributed by atoms with E-state index in [2.05, 4.69) is 55.1 Å². The molecule has 2 saturated heterocycles. The Morgan fingerprint density at radius 1 is 0.744 bits per heavy atom. The summed E-state index contributed by atoms with van der Waals surface area (Å²) in [6, 6.07) is 17.0. The van der Waals surface area contributed by atoms with Crippen molar-refractivity contribution < 1.29 is 75.0 Å². The van der Waals surface area contributed by atoms with E-state index in [0.29, 0.717) is 42.8 Å². The molecule has 2 aromatic carbocycles. The average Bonchev–Trinajstić information content (AvgIpc) is 4.34. The summed E-state index contributed by atoms with van der Waals surface area (Å²) in [7, 11) is -3.53. The highest BCUT2D eigenvalue weighted by Gasteiger charge is 2.65. The van der Waals surface area contributed by atoms with E-state index in [-0.39, 0.29) is 46.2 Å². The smallest absolute Gasteiger partial charge is 0.347 e. The normalized spacial score (nSPS) is 28.2. The Kier molecular flexibility index (Phi) is 20.4. The lowest BCUT2D eigenvalue weighted by atomic mass is 9.49. The van der Waals surface area contributed by atoms with Gasteiger partial charge in [0.25, 0.3) is 16.0 Å². The molecule has 0 aromatic heterocycles. The summed E-state index contributed by atoms with van der Waals surface area (Å²) >= 11 is 0. The molecule has 17 nitrogen and oxygen atoms in total. The molecule has 78 heavy (non-hydrogen) atoms. The Morgan fingerprint density at radius 2 is 1.32 bits per heavy atom. The summed E-state index contributed by atoms with van der Waals surface area (Å²) in [5.41, 5.74) is 2.82. The first-order valence-corrected chi connectivity index (χ1v) is 28.2. The minimum Gasteiger partial charge on any atom is -0.508 e. The molecular formula is C60H75NO16S. The van der Waals surface area contributed by atoms with Crippen molar-refractivity contribution in [1.29, 1.82) is 0 Å². The van der Waals surface area contributed by atoms with E-state index in [1.54, 1.807) is 32.1 Å². The highest BCUT2D eigenvalue weighted by Crippen LogP contribution is 2.60. The Hall–Kier alpha value is -6.66. The van der Waals surface area contributed by atoms with E-state index < -0.39 is 69.8 Å². The monoisotopic (exact) mass is 1100 g/mol. The van der Waals surface area contributed by atoms with Crippen LogP contribution in [0.4, 0.5) is 0 Å². The standard InChI is InChI=1S/C16H20O2.C15H21NO2.C13H16O7S.C8H10O4.C8H8O/c1-13(2)15(17)18-16(11-7-4-8-12-16)14-9-5-3-6-10-14;1-9(2)13(17)16-14(18)15-6-10-3-11(7-15)5-12(4-10)8-15;1-6(2)13(15)18-5-10(14)19-11-7-3-8-9(4-7)21(16,17)20-12(8)11;1-5(2)7(9)12-6-3-4-11-8(6)10;1-2-7-3-5-8(9)6-4-7/h3,5-6,9-10H,1,4,7-8,11-12H2,2H3;10-12H,1,3-8H2,2H3,(H,16,17,18);7-9,11-12H,1,3-5H2,2H3;6H,1,3-4H2,2H3;2-6,9H,1H2. The molecule has 9 fully saturated rings. The fourth-order valence-electron chi connectivity index (χ4n) is 12.2. The lowest BCUT2D eigenvalue weighted by molar-refractivity contribution is -0.165. The number of esters is 5. The number of amides is 2. The van der Waals surface area contributed by atoms with Crippen LogP contribution in [0.5, 0.6) is 5.75 Å². The SMILES string of the molecule is C=C(C)C(=O)NC(=O)C12CC3CC(CC(C3)C1)C2.C=C(C)C(=O)OC1(c2ccccc2)CCCCC1.C=C(C)C(=O)OC1CCOC1=O.C=C(C)C(=O)OCC(=O)OC1C2CC3C1OS(=O)(=O)C3C2.C=Cc1ccc(O)cc1. The molecule has 422 valence electrons. The summed E-state index contributed by atoms with van der Waals surface area (Å²) < 4.78 is 53.7. The number of phenols is 1. The van der Waals surface area contributed by atoms with Crippen LogP contribution in [-0.4, -0.2) is 92.0 Å². The number of cyclic esters (lactones) is 1. The Morgan fingerprint density at radius 3 is 1.83 bits per heavy atom. The first kappa shape index (κ1) is 60.6. The minimum absolute atomic E-state index is 0.00284. The number of benzene rings is 2. The Labute approximate surface area is 458 Å². The van der Waals surface area contributed by atoms with Crippen molar-refractivity contribution in [2.75, 3.05) is 13.2 Å². The molecule has 11 rings (SSSR count). The van der Waals surface area contributed by atoms with Crippen LogP contribution in [0.3, 0.4) is 0 Å². The maximum absolute atomic E-state index is 12.4. The van der Waals surface area contributed by atoms with Gasteiger partial charge in [0, 0.05) is 40.5 Å². The third-order valence-corrected chi connectivity index (χ3v) is 17.5. The molecule has 0 spiro atoms. The number of carbonyl (C=O) groups excluding carboxylic acids is 7. The highest BCUT2D eigenvalue weighted by molar-refractivity contribution is 7.87. The molecule has 6 unspecified atom stereocenters. The van der Waals surface area contributed by atoms with Gasteiger partial charge in [-0.25, -0.2) is 24.0 Å². The van der Waals surface area contributed by atoms with Crippen molar-refractivity contribution in [2.45, 2.75) is 147 Å². The zero-order valence-corrected chi connectivity index (χ0v) is 46.1. The van der Waals surface area contributed by atoms with E-state index in [1.165, 1.54) is 39.5 Å². The molecule has 2 aliphatic heterocycles. The molecular weight excluding hydrogens is 1020 g/mol. The van der Waals surface area contributed by atoms with Gasteiger partial charge in [-0.05, 0) is 146 Å². The number of rotatable bonds is 12. The van der Waals surface area contributed by atoms with Crippen LogP contribution < -0.4 is 5.32 Å². The van der Waals surface area contributed by atoms with Crippen LogP contribution in [0.1, 0.15) is 129 Å². The van der Waals surface area contributed by atoms with Crippen LogP contribution >= 0.6 is 0 Å². The number of ether oxygens (including phenoxy) is 5. The molecule has 6 bridgehead atoms. The molecule has 6 atom stereocenters. The zero-order chi connectivity index (χ0) is 57.1. The van der Waals surface area contributed by atoms with Crippen LogP contribution in [0, 0.1) is 35.0 Å². The first-order valence-electron chi connectivity index (χ1n) is 26.7. The number of fused-ring (bicyclic) bond motifs is 1. The molecule has 2 amide bonds. The maximum Gasteiger partial charge on any atom is 0.347 e. The predicted octanol–water partition coefficient (Wildman–Crippen LogP) is 9.00. The van der Waals surface area contributed by atoms with E-state index in [4.69, 9.17) is 28.2 Å². The second kappa shape index (κ2) is 26.3.